The second-order valence-electron chi connectivity index (χ2n) is 5.14. The number of rotatable bonds is 2. The van der Waals surface area contributed by atoms with E-state index in [1.54, 1.807) is 0 Å². The van der Waals surface area contributed by atoms with Gasteiger partial charge in [-0.1, -0.05) is 12.2 Å². The maximum absolute atomic E-state index is 13.4. The van der Waals surface area contributed by atoms with Crippen LogP contribution in [0.5, 0.6) is 0 Å². The van der Waals surface area contributed by atoms with Crippen molar-refractivity contribution in [2.75, 3.05) is 4.90 Å². The molecule has 108 valence electrons. The number of allylic oxidation sites excluding steroid dienone is 2. The Morgan fingerprint density at radius 1 is 1.14 bits per heavy atom. The van der Waals surface area contributed by atoms with Crippen molar-refractivity contribution >= 4 is 23.5 Å². The lowest BCUT2D eigenvalue weighted by Crippen LogP contribution is -2.31. The maximum Gasteiger partial charge on any atom is 0.338 e. The molecule has 1 N–H and O–H groups in total. The molecule has 3 rings (SSSR count). The van der Waals surface area contributed by atoms with Gasteiger partial charge in [-0.05, 0) is 31.0 Å². The summed E-state index contributed by atoms with van der Waals surface area (Å²) in [7, 11) is 0. The second-order valence-corrected chi connectivity index (χ2v) is 5.14. The summed E-state index contributed by atoms with van der Waals surface area (Å²) < 4.78 is 13.4. The molecule has 5 nitrogen and oxygen atoms in total. The zero-order chi connectivity index (χ0) is 15.1. The van der Waals surface area contributed by atoms with Gasteiger partial charge in [-0.25, -0.2) is 9.18 Å². The van der Waals surface area contributed by atoms with E-state index in [1.165, 1.54) is 6.07 Å². The van der Waals surface area contributed by atoms with Crippen molar-refractivity contribution in [1.82, 2.24) is 0 Å². The van der Waals surface area contributed by atoms with Gasteiger partial charge >= 0.3 is 5.97 Å². The highest BCUT2D eigenvalue weighted by atomic mass is 19.1. The topological polar surface area (TPSA) is 74.7 Å². The zero-order valence-electron chi connectivity index (χ0n) is 11.0. The van der Waals surface area contributed by atoms with Crippen molar-refractivity contribution in [3.8, 4) is 0 Å². The average Bonchev–Trinajstić information content (AvgIpc) is 2.72. The minimum atomic E-state index is -1.44. The summed E-state index contributed by atoms with van der Waals surface area (Å²) >= 11 is 0. The zero-order valence-corrected chi connectivity index (χ0v) is 11.0. The Hall–Kier alpha value is -2.50. The van der Waals surface area contributed by atoms with E-state index in [-0.39, 0.29) is 17.5 Å². The number of carboxylic acids is 1. The lowest BCUT2D eigenvalue weighted by atomic mass is 9.85. The molecule has 0 unspecified atom stereocenters. The van der Waals surface area contributed by atoms with E-state index in [2.05, 4.69) is 0 Å². The van der Waals surface area contributed by atoms with Crippen LogP contribution in [0.1, 0.15) is 23.2 Å². The first-order chi connectivity index (χ1) is 10.0. The third-order valence-corrected chi connectivity index (χ3v) is 3.95. The molecule has 0 aromatic heterocycles. The molecule has 1 saturated heterocycles. The fraction of sp³-hybridized carbons (Fsp3) is 0.267. The van der Waals surface area contributed by atoms with Crippen LogP contribution in [0.15, 0.2) is 30.4 Å². The predicted molar refractivity (Wildman–Crippen MR) is 71.2 cm³/mol. The van der Waals surface area contributed by atoms with Crippen LogP contribution in [-0.2, 0) is 9.59 Å². The van der Waals surface area contributed by atoms with Crippen LogP contribution in [0.3, 0.4) is 0 Å². The van der Waals surface area contributed by atoms with Gasteiger partial charge in [0, 0.05) is 0 Å². The Kier molecular flexibility index (Phi) is 3.08. The Morgan fingerprint density at radius 3 is 2.24 bits per heavy atom. The lowest BCUT2D eigenvalue weighted by molar-refractivity contribution is -0.122. The second kappa shape index (κ2) is 4.80. The Morgan fingerprint density at radius 2 is 1.71 bits per heavy atom. The van der Waals surface area contributed by atoms with Crippen LogP contribution in [-0.4, -0.2) is 22.9 Å². The standard InChI is InChI=1S/C15H12FNO4/c16-12-6-5-8(7-11(12)15(20)21)17-13(18)9-3-1-2-4-10(9)14(17)19/h1-2,5-7,9-10H,3-4H2,(H,20,21)/t9-,10+. The van der Waals surface area contributed by atoms with E-state index in [4.69, 9.17) is 5.11 Å². The van der Waals surface area contributed by atoms with Gasteiger partial charge in [-0.2, -0.15) is 0 Å². The first-order valence-corrected chi connectivity index (χ1v) is 6.56. The summed E-state index contributed by atoms with van der Waals surface area (Å²) in [6, 6.07) is 3.24. The van der Waals surface area contributed by atoms with Gasteiger partial charge in [-0.3, -0.25) is 14.5 Å². The Labute approximate surface area is 119 Å². The number of imide groups is 1. The van der Waals surface area contributed by atoms with Crippen LogP contribution in [0.4, 0.5) is 10.1 Å². The molecule has 2 atom stereocenters. The molecule has 1 aliphatic heterocycles. The molecular weight excluding hydrogens is 277 g/mol. The number of nitrogens with zero attached hydrogens (tertiary/aromatic N) is 1. The van der Waals surface area contributed by atoms with Crippen LogP contribution < -0.4 is 4.90 Å². The summed E-state index contributed by atoms with van der Waals surface area (Å²) in [6.07, 6.45) is 4.73. The third kappa shape index (κ3) is 2.03. The van der Waals surface area contributed by atoms with Crippen LogP contribution >= 0.6 is 0 Å². The summed E-state index contributed by atoms with van der Waals surface area (Å²) in [5.74, 6) is -3.84. The minimum absolute atomic E-state index is 0.109. The SMILES string of the molecule is O=C(O)c1cc(N2C(=O)[C@H]3CC=CC[C@H]3C2=O)ccc1F. The first-order valence-electron chi connectivity index (χ1n) is 6.56. The highest BCUT2D eigenvalue weighted by Gasteiger charge is 2.47. The molecule has 21 heavy (non-hydrogen) atoms. The number of hydrogen-bond donors (Lipinski definition) is 1. The Balaban J connectivity index is 2.01. The molecule has 2 aliphatic rings. The molecule has 1 heterocycles. The Bertz CT molecular complexity index is 656. The van der Waals surface area contributed by atoms with Crippen molar-refractivity contribution in [1.29, 1.82) is 0 Å². The monoisotopic (exact) mass is 289 g/mol. The number of aromatic carboxylic acids is 1. The molecule has 0 saturated carbocycles. The lowest BCUT2D eigenvalue weighted by Gasteiger charge is -2.15. The maximum atomic E-state index is 13.4. The minimum Gasteiger partial charge on any atom is -0.478 e. The van der Waals surface area contributed by atoms with Crippen molar-refractivity contribution in [2.45, 2.75) is 12.8 Å². The van der Waals surface area contributed by atoms with Crippen molar-refractivity contribution in [3.63, 3.8) is 0 Å². The molecule has 0 spiro atoms. The fourth-order valence-corrected chi connectivity index (χ4v) is 2.87. The van der Waals surface area contributed by atoms with Crippen LogP contribution in [0, 0.1) is 17.7 Å². The van der Waals surface area contributed by atoms with E-state index in [0.717, 1.165) is 17.0 Å². The van der Waals surface area contributed by atoms with Crippen molar-refractivity contribution in [3.05, 3.63) is 41.7 Å². The van der Waals surface area contributed by atoms with Crippen molar-refractivity contribution in [2.24, 2.45) is 11.8 Å². The molecule has 1 fully saturated rings. The highest BCUT2D eigenvalue weighted by molar-refractivity contribution is 6.22. The molecule has 1 aromatic rings. The number of carbonyl (C=O) groups excluding carboxylic acids is 2. The molecule has 2 amide bonds. The number of benzene rings is 1. The smallest absolute Gasteiger partial charge is 0.338 e. The number of halogens is 1. The summed E-state index contributed by atoms with van der Waals surface area (Å²) in [6.45, 7) is 0. The molecule has 0 bridgehead atoms. The first kappa shape index (κ1) is 13.5. The van der Waals surface area contributed by atoms with E-state index >= 15 is 0 Å². The van der Waals surface area contributed by atoms with Crippen LogP contribution in [0.2, 0.25) is 0 Å². The van der Waals surface area contributed by atoms with Gasteiger partial charge in [0.2, 0.25) is 11.8 Å². The van der Waals surface area contributed by atoms with Crippen molar-refractivity contribution < 1.29 is 23.9 Å². The summed E-state index contributed by atoms with van der Waals surface area (Å²) in [4.78, 5) is 36.6. The van der Waals surface area contributed by atoms with Gasteiger partial charge in [0.1, 0.15) is 5.82 Å². The number of amides is 2. The summed E-state index contributed by atoms with van der Waals surface area (Å²) in [5, 5.41) is 8.93. The highest BCUT2D eigenvalue weighted by Crippen LogP contribution is 2.37. The van der Waals surface area contributed by atoms with Gasteiger partial charge in [0.15, 0.2) is 0 Å². The third-order valence-electron chi connectivity index (χ3n) is 3.95. The number of anilines is 1. The van der Waals surface area contributed by atoms with E-state index in [1.807, 2.05) is 12.2 Å². The summed E-state index contributed by atoms with van der Waals surface area (Å²) in [5.41, 5.74) is -0.445. The predicted octanol–water partition coefficient (Wildman–Crippen LogP) is 1.98. The van der Waals surface area contributed by atoms with E-state index in [9.17, 15) is 18.8 Å². The van der Waals surface area contributed by atoms with Gasteiger partial charge in [-0.15, -0.1) is 0 Å². The van der Waals surface area contributed by atoms with Crippen LogP contribution in [0.25, 0.3) is 0 Å². The van der Waals surface area contributed by atoms with Gasteiger partial charge in [0.25, 0.3) is 0 Å². The van der Waals surface area contributed by atoms with Gasteiger partial charge < -0.3 is 5.11 Å². The molecular formula is C15H12FNO4. The van der Waals surface area contributed by atoms with Gasteiger partial charge in [0.05, 0.1) is 23.1 Å². The quantitative estimate of drug-likeness (QED) is 0.667. The molecule has 1 aromatic carbocycles. The molecule has 0 radical (unpaired) electrons. The number of carboxylic acid groups (broad SMARTS) is 1. The average molecular weight is 289 g/mol. The normalized spacial score (nSPS) is 24.3. The number of fused-ring (bicyclic) bond motifs is 1. The van der Waals surface area contributed by atoms with E-state index < -0.39 is 29.2 Å². The molecule has 6 heteroatoms. The number of hydrogen-bond acceptors (Lipinski definition) is 3. The molecule has 1 aliphatic carbocycles. The fourth-order valence-electron chi connectivity index (χ4n) is 2.87. The number of carbonyl (C=O) groups is 3. The van der Waals surface area contributed by atoms with E-state index in [0.29, 0.717) is 12.8 Å². The largest absolute Gasteiger partial charge is 0.478 e.